The van der Waals surface area contributed by atoms with Crippen molar-refractivity contribution >= 4 is 5.91 Å². The molecule has 1 aliphatic carbocycles. The molecule has 2 aliphatic rings. The molecule has 0 spiro atoms. The van der Waals surface area contributed by atoms with E-state index in [9.17, 15) is 23.1 Å². The number of nitrogens with zero attached hydrogens (tertiary/aromatic N) is 1. The molecule has 0 aromatic heterocycles. The van der Waals surface area contributed by atoms with Gasteiger partial charge in [-0.2, -0.15) is 13.2 Å². The summed E-state index contributed by atoms with van der Waals surface area (Å²) in [7, 11) is 0. The summed E-state index contributed by atoms with van der Waals surface area (Å²) in [4.78, 5) is 14.1. The van der Waals surface area contributed by atoms with Gasteiger partial charge in [-0.3, -0.25) is 9.69 Å². The van der Waals surface area contributed by atoms with Crippen LogP contribution in [0.2, 0.25) is 0 Å². The largest absolute Gasteiger partial charge is 0.405 e. The van der Waals surface area contributed by atoms with E-state index in [1.54, 1.807) is 0 Å². The Morgan fingerprint density at radius 3 is 2.79 bits per heavy atom. The number of nitrogens with one attached hydrogen (secondary N) is 1. The summed E-state index contributed by atoms with van der Waals surface area (Å²) >= 11 is 0. The van der Waals surface area contributed by atoms with E-state index in [4.69, 9.17) is 0 Å². The number of fused-ring (bicyclic) bond motifs is 1. The average molecular weight is 342 g/mol. The highest BCUT2D eigenvalue weighted by molar-refractivity contribution is 5.79. The molecule has 3 atom stereocenters. The Hall–Kier alpha value is -1.60. The zero-order valence-electron chi connectivity index (χ0n) is 13.2. The van der Waals surface area contributed by atoms with Crippen molar-refractivity contribution in [3.8, 4) is 0 Å². The van der Waals surface area contributed by atoms with Gasteiger partial charge in [0, 0.05) is 12.6 Å². The van der Waals surface area contributed by atoms with Crippen LogP contribution < -0.4 is 5.32 Å². The van der Waals surface area contributed by atoms with E-state index in [1.807, 2.05) is 34.5 Å². The topological polar surface area (TPSA) is 52.6 Å². The lowest BCUT2D eigenvalue weighted by Gasteiger charge is -2.37. The molecule has 24 heavy (non-hydrogen) atoms. The second-order valence-electron chi connectivity index (χ2n) is 6.58. The molecule has 1 aromatic carbocycles. The molecule has 1 fully saturated rings. The Morgan fingerprint density at radius 1 is 1.33 bits per heavy atom. The predicted molar refractivity (Wildman–Crippen MR) is 82.3 cm³/mol. The summed E-state index contributed by atoms with van der Waals surface area (Å²) in [5, 5.41) is 12.5. The predicted octanol–water partition coefficient (Wildman–Crippen LogP) is 2.04. The molecule has 0 bridgehead atoms. The summed E-state index contributed by atoms with van der Waals surface area (Å²) in [6.45, 7) is -0.155. The summed E-state index contributed by atoms with van der Waals surface area (Å²) < 4.78 is 36.8. The van der Waals surface area contributed by atoms with Crippen LogP contribution in [0.25, 0.3) is 0 Å². The van der Waals surface area contributed by atoms with Crippen molar-refractivity contribution in [1.82, 2.24) is 10.2 Å². The number of aliphatic hydroxyl groups is 1. The van der Waals surface area contributed by atoms with E-state index in [1.165, 1.54) is 0 Å². The second kappa shape index (κ2) is 6.72. The third-order valence-corrected chi connectivity index (χ3v) is 4.92. The van der Waals surface area contributed by atoms with Crippen LogP contribution in [-0.4, -0.2) is 47.8 Å². The molecule has 132 valence electrons. The number of carbonyl (C=O) groups excluding carboxylic acids is 1. The first-order valence-corrected chi connectivity index (χ1v) is 8.19. The lowest BCUT2D eigenvalue weighted by molar-refractivity contribution is -0.142. The number of likely N-dealkylation sites (tertiary alicyclic amines) is 1. The number of piperidine rings is 1. The fraction of sp³-hybridized carbons (Fsp3) is 0.588. The Kier molecular flexibility index (Phi) is 4.83. The van der Waals surface area contributed by atoms with E-state index in [0.717, 1.165) is 24.1 Å². The molecule has 1 aromatic rings. The fourth-order valence-corrected chi connectivity index (χ4v) is 3.73. The number of hydrogen-bond acceptors (Lipinski definition) is 3. The van der Waals surface area contributed by atoms with Crippen molar-refractivity contribution in [2.75, 3.05) is 19.6 Å². The Bertz CT molecular complexity index is 606. The third-order valence-electron chi connectivity index (χ3n) is 4.92. The molecular weight excluding hydrogens is 321 g/mol. The lowest BCUT2D eigenvalue weighted by atomic mass is 9.94. The highest BCUT2D eigenvalue weighted by Gasteiger charge is 2.38. The molecule has 0 radical (unpaired) electrons. The maximum absolute atomic E-state index is 12.3. The van der Waals surface area contributed by atoms with Crippen molar-refractivity contribution in [3.63, 3.8) is 0 Å². The van der Waals surface area contributed by atoms with Gasteiger partial charge < -0.3 is 10.4 Å². The number of hydrogen-bond donors (Lipinski definition) is 2. The van der Waals surface area contributed by atoms with Gasteiger partial charge in [0.2, 0.25) is 5.91 Å². The van der Waals surface area contributed by atoms with Crippen LogP contribution in [0.5, 0.6) is 0 Å². The number of carbonyl (C=O) groups is 1. The number of aliphatic hydroxyl groups excluding tert-OH is 1. The van der Waals surface area contributed by atoms with Crippen molar-refractivity contribution in [1.29, 1.82) is 0 Å². The molecule has 1 aliphatic heterocycles. The Balaban J connectivity index is 1.61. The molecule has 2 N–H and O–H groups in total. The fourth-order valence-electron chi connectivity index (χ4n) is 3.73. The summed E-state index contributed by atoms with van der Waals surface area (Å²) in [5.41, 5.74) is 2.00. The van der Waals surface area contributed by atoms with E-state index in [-0.39, 0.29) is 6.04 Å². The summed E-state index contributed by atoms with van der Waals surface area (Å²) in [5.74, 6) is -1.01. The third kappa shape index (κ3) is 3.72. The van der Waals surface area contributed by atoms with Gasteiger partial charge in [-0.15, -0.1) is 0 Å². The first-order chi connectivity index (χ1) is 11.3. The maximum atomic E-state index is 12.3. The molecular formula is C17H21F3N2O2. The molecule has 4 nitrogen and oxygen atoms in total. The summed E-state index contributed by atoms with van der Waals surface area (Å²) in [6.07, 6.45) is -2.99. The zero-order valence-corrected chi connectivity index (χ0v) is 13.2. The van der Waals surface area contributed by atoms with Crippen LogP contribution in [0.1, 0.15) is 30.1 Å². The van der Waals surface area contributed by atoms with E-state index in [0.29, 0.717) is 19.4 Å². The van der Waals surface area contributed by atoms with Crippen LogP contribution in [0, 0.1) is 5.92 Å². The molecule has 0 unspecified atom stereocenters. The van der Waals surface area contributed by atoms with Crippen molar-refractivity contribution in [2.24, 2.45) is 5.92 Å². The van der Waals surface area contributed by atoms with Crippen LogP contribution in [0.3, 0.4) is 0 Å². The highest BCUT2D eigenvalue weighted by Crippen LogP contribution is 2.36. The van der Waals surface area contributed by atoms with Gasteiger partial charge in [-0.05, 0) is 36.9 Å². The SMILES string of the molecule is O=C(NCC(F)(F)F)[C@@H]1CCCN([C@H]2Cc3ccccc3[C@@H]2O)C1. The normalized spacial score (nSPS) is 27.8. The van der Waals surface area contributed by atoms with Gasteiger partial charge in [-0.1, -0.05) is 24.3 Å². The van der Waals surface area contributed by atoms with Crippen molar-refractivity contribution in [2.45, 2.75) is 37.6 Å². The van der Waals surface area contributed by atoms with E-state index in [2.05, 4.69) is 0 Å². The summed E-state index contributed by atoms with van der Waals surface area (Å²) in [6, 6.07) is 7.58. The minimum absolute atomic E-state index is 0.111. The first kappa shape index (κ1) is 17.2. The molecule has 1 heterocycles. The van der Waals surface area contributed by atoms with Gasteiger partial charge in [0.15, 0.2) is 0 Å². The standard InChI is InChI=1S/C17H21F3N2O2/c18-17(19,20)10-21-16(24)12-5-3-7-22(9-12)14-8-11-4-1-2-6-13(11)15(14)23/h1-2,4,6,12,14-15,23H,3,5,7-10H2,(H,21,24)/t12-,14+,15+/m1/s1. The maximum Gasteiger partial charge on any atom is 0.405 e. The van der Waals surface area contributed by atoms with Gasteiger partial charge >= 0.3 is 6.18 Å². The van der Waals surface area contributed by atoms with Crippen LogP contribution >= 0.6 is 0 Å². The smallest absolute Gasteiger partial charge is 0.387 e. The van der Waals surface area contributed by atoms with Gasteiger partial charge in [-0.25, -0.2) is 0 Å². The molecule has 3 rings (SSSR count). The Morgan fingerprint density at radius 2 is 2.08 bits per heavy atom. The van der Waals surface area contributed by atoms with Gasteiger partial charge in [0.1, 0.15) is 6.54 Å². The van der Waals surface area contributed by atoms with Gasteiger partial charge in [0.25, 0.3) is 0 Å². The lowest BCUT2D eigenvalue weighted by Crippen LogP contribution is -2.49. The average Bonchev–Trinajstić information content (AvgIpc) is 2.89. The van der Waals surface area contributed by atoms with Crippen LogP contribution in [-0.2, 0) is 11.2 Å². The molecule has 1 saturated heterocycles. The number of benzene rings is 1. The molecule has 7 heteroatoms. The number of rotatable bonds is 3. The van der Waals surface area contributed by atoms with E-state index < -0.39 is 30.7 Å². The highest BCUT2D eigenvalue weighted by atomic mass is 19.4. The minimum Gasteiger partial charge on any atom is -0.387 e. The quantitative estimate of drug-likeness (QED) is 0.884. The van der Waals surface area contributed by atoms with Crippen molar-refractivity contribution in [3.05, 3.63) is 35.4 Å². The Labute approximate surface area is 138 Å². The minimum atomic E-state index is -4.40. The molecule has 0 saturated carbocycles. The first-order valence-electron chi connectivity index (χ1n) is 8.19. The molecule has 1 amide bonds. The van der Waals surface area contributed by atoms with Crippen LogP contribution in [0.15, 0.2) is 24.3 Å². The van der Waals surface area contributed by atoms with E-state index >= 15 is 0 Å². The monoisotopic (exact) mass is 342 g/mol. The zero-order chi connectivity index (χ0) is 17.3. The van der Waals surface area contributed by atoms with Gasteiger partial charge in [0.05, 0.1) is 12.0 Å². The number of alkyl halides is 3. The number of amides is 1. The number of halogens is 3. The second-order valence-corrected chi connectivity index (χ2v) is 6.58. The van der Waals surface area contributed by atoms with Crippen molar-refractivity contribution < 1.29 is 23.1 Å². The van der Waals surface area contributed by atoms with Crippen LogP contribution in [0.4, 0.5) is 13.2 Å².